The Morgan fingerprint density at radius 2 is 2.47 bits per heavy atom. The highest BCUT2D eigenvalue weighted by Gasteiger charge is 2.30. The van der Waals surface area contributed by atoms with Crippen LogP contribution in [-0.2, 0) is 4.74 Å². The molecule has 0 radical (unpaired) electrons. The smallest absolute Gasteiger partial charge is 0.430 e. The maximum Gasteiger partial charge on any atom is 0.430 e. The van der Waals surface area contributed by atoms with E-state index in [1.54, 1.807) is 17.8 Å². The van der Waals surface area contributed by atoms with Crippen molar-refractivity contribution in [2.75, 3.05) is 18.6 Å². The predicted molar refractivity (Wildman–Crippen MR) is 66.4 cm³/mol. The summed E-state index contributed by atoms with van der Waals surface area (Å²) in [6, 6.07) is 3.65. The van der Waals surface area contributed by atoms with E-state index in [0.717, 1.165) is 11.5 Å². The number of rotatable bonds is 4. The van der Waals surface area contributed by atoms with E-state index in [4.69, 9.17) is 9.15 Å². The number of hydrogen-bond donors (Lipinski definition) is 0. The number of thioether (sulfide) groups is 1. The first-order chi connectivity index (χ1) is 8.19. The Morgan fingerprint density at radius 3 is 3.12 bits per heavy atom. The Labute approximate surface area is 104 Å². The van der Waals surface area contributed by atoms with Crippen molar-refractivity contribution in [1.29, 1.82) is 0 Å². The largest absolute Gasteiger partial charge is 0.460 e. The summed E-state index contributed by atoms with van der Waals surface area (Å²) >= 11 is 1.65. The topological polar surface area (TPSA) is 55.0 Å². The molecular weight excluding hydrogens is 240 g/mol. The summed E-state index contributed by atoms with van der Waals surface area (Å²) in [5.74, 6) is 2.23. The van der Waals surface area contributed by atoms with Gasteiger partial charge in [0.1, 0.15) is 17.6 Å². The van der Waals surface area contributed by atoms with Gasteiger partial charge in [0.2, 0.25) is 0 Å². The van der Waals surface area contributed by atoms with Gasteiger partial charge in [-0.05, 0) is 25.3 Å². The van der Waals surface area contributed by atoms with Crippen molar-refractivity contribution in [2.24, 2.45) is 5.10 Å². The Balaban J connectivity index is 1.95. The summed E-state index contributed by atoms with van der Waals surface area (Å²) < 4.78 is 10.5. The molecule has 0 aliphatic carbocycles. The van der Waals surface area contributed by atoms with Crippen LogP contribution in [0.2, 0.25) is 0 Å². The normalized spacial score (nSPS) is 20.2. The molecule has 1 aliphatic rings. The van der Waals surface area contributed by atoms with E-state index < -0.39 is 6.09 Å². The summed E-state index contributed by atoms with van der Waals surface area (Å²) in [5.41, 5.74) is 0. The van der Waals surface area contributed by atoms with Crippen molar-refractivity contribution in [3.8, 4) is 0 Å². The zero-order chi connectivity index (χ0) is 12.3. The zero-order valence-corrected chi connectivity index (χ0v) is 10.6. The van der Waals surface area contributed by atoms with Crippen molar-refractivity contribution in [1.82, 2.24) is 5.01 Å². The van der Waals surface area contributed by atoms with E-state index in [1.165, 1.54) is 11.2 Å². The highest BCUT2D eigenvalue weighted by atomic mass is 32.2. The number of furan rings is 1. The molecule has 1 fully saturated rings. The van der Waals surface area contributed by atoms with Crippen LogP contribution in [-0.4, -0.2) is 42.0 Å². The average Bonchev–Trinajstić information content (AvgIpc) is 2.83. The van der Waals surface area contributed by atoms with Gasteiger partial charge >= 0.3 is 6.09 Å². The minimum atomic E-state index is -0.399. The van der Waals surface area contributed by atoms with Crippen molar-refractivity contribution in [2.45, 2.75) is 13.0 Å². The number of amides is 1. The van der Waals surface area contributed by atoms with Gasteiger partial charge in [-0.1, -0.05) is 0 Å². The van der Waals surface area contributed by atoms with Crippen LogP contribution in [0.1, 0.15) is 11.5 Å². The van der Waals surface area contributed by atoms with Crippen LogP contribution < -0.4 is 0 Å². The van der Waals surface area contributed by atoms with Crippen LogP contribution in [0.3, 0.4) is 0 Å². The number of carbonyl (C=O) groups excluding carboxylic acids is 1. The number of ether oxygens (including phenoxy) is 1. The maximum absolute atomic E-state index is 11.4. The van der Waals surface area contributed by atoms with Crippen molar-refractivity contribution < 1.29 is 13.9 Å². The lowest BCUT2D eigenvalue weighted by Gasteiger charge is -2.04. The lowest BCUT2D eigenvalue weighted by molar-refractivity contribution is 0.140. The van der Waals surface area contributed by atoms with Gasteiger partial charge in [0.15, 0.2) is 0 Å². The molecule has 2 heterocycles. The van der Waals surface area contributed by atoms with Gasteiger partial charge in [-0.2, -0.15) is 21.9 Å². The SMILES string of the molecule is CSC[C@@H]1CN(/N=C/c2ccc(C)o2)C(=O)O1. The summed E-state index contributed by atoms with van der Waals surface area (Å²) in [7, 11) is 0. The molecule has 0 unspecified atom stereocenters. The van der Waals surface area contributed by atoms with E-state index in [-0.39, 0.29) is 6.10 Å². The predicted octanol–water partition coefficient (Wildman–Crippen LogP) is 2.11. The Hall–Kier alpha value is -1.43. The molecule has 1 atom stereocenters. The van der Waals surface area contributed by atoms with E-state index in [2.05, 4.69) is 5.10 Å². The molecule has 0 spiro atoms. The van der Waals surface area contributed by atoms with Crippen LogP contribution in [0.15, 0.2) is 21.7 Å². The number of hydrogen-bond acceptors (Lipinski definition) is 5. The third-order valence-corrected chi connectivity index (χ3v) is 3.00. The second-order valence-electron chi connectivity index (χ2n) is 3.74. The second kappa shape index (κ2) is 5.27. The van der Waals surface area contributed by atoms with Crippen molar-refractivity contribution in [3.05, 3.63) is 23.7 Å². The highest BCUT2D eigenvalue weighted by Crippen LogP contribution is 2.15. The molecule has 2 rings (SSSR count). The van der Waals surface area contributed by atoms with Crippen LogP contribution in [0.5, 0.6) is 0 Å². The van der Waals surface area contributed by atoms with Crippen molar-refractivity contribution in [3.63, 3.8) is 0 Å². The van der Waals surface area contributed by atoms with Gasteiger partial charge in [-0.15, -0.1) is 0 Å². The molecule has 1 amide bonds. The van der Waals surface area contributed by atoms with E-state index in [1.807, 2.05) is 19.2 Å². The number of aryl methyl sites for hydroxylation is 1. The minimum absolute atomic E-state index is 0.0759. The van der Waals surface area contributed by atoms with E-state index in [0.29, 0.717) is 12.3 Å². The summed E-state index contributed by atoms with van der Waals surface area (Å²) in [4.78, 5) is 11.4. The van der Waals surface area contributed by atoms with E-state index in [9.17, 15) is 4.79 Å². The number of nitrogens with zero attached hydrogens (tertiary/aromatic N) is 2. The molecular formula is C11H14N2O3S. The third-order valence-electron chi connectivity index (χ3n) is 2.29. The number of cyclic esters (lactones) is 1. The first-order valence-electron chi connectivity index (χ1n) is 5.26. The highest BCUT2D eigenvalue weighted by molar-refractivity contribution is 7.98. The lowest BCUT2D eigenvalue weighted by Crippen LogP contribution is -2.19. The summed E-state index contributed by atoms with van der Waals surface area (Å²) in [6.07, 6.45) is 3.03. The Bertz CT molecular complexity index is 430. The quantitative estimate of drug-likeness (QED) is 0.772. The van der Waals surface area contributed by atoms with Crippen LogP contribution >= 0.6 is 11.8 Å². The average molecular weight is 254 g/mol. The first kappa shape index (κ1) is 12.0. The van der Waals surface area contributed by atoms with Gasteiger partial charge < -0.3 is 9.15 Å². The van der Waals surface area contributed by atoms with Gasteiger partial charge in [-0.3, -0.25) is 0 Å². The maximum atomic E-state index is 11.4. The number of carbonyl (C=O) groups is 1. The molecule has 92 valence electrons. The monoisotopic (exact) mass is 254 g/mol. The molecule has 0 bridgehead atoms. The van der Waals surface area contributed by atoms with E-state index >= 15 is 0 Å². The van der Waals surface area contributed by atoms with Crippen LogP contribution in [0.25, 0.3) is 0 Å². The first-order valence-corrected chi connectivity index (χ1v) is 6.66. The summed E-state index contributed by atoms with van der Waals surface area (Å²) in [6.45, 7) is 2.35. The number of hydrazone groups is 1. The molecule has 0 aromatic carbocycles. The molecule has 5 nitrogen and oxygen atoms in total. The molecule has 6 heteroatoms. The molecule has 1 aromatic rings. The van der Waals surface area contributed by atoms with Crippen molar-refractivity contribution >= 4 is 24.1 Å². The fraction of sp³-hybridized carbons (Fsp3) is 0.455. The zero-order valence-electron chi connectivity index (χ0n) is 9.75. The van der Waals surface area contributed by atoms with Gasteiger partial charge in [0, 0.05) is 5.75 Å². The van der Waals surface area contributed by atoms with Crippen LogP contribution in [0, 0.1) is 6.92 Å². The molecule has 0 N–H and O–H groups in total. The van der Waals surface area contributed by atoms with Crippen LogP contribution in [0.4, 0.5) is 4.79 Å². The fourth-order valence-electron chi connectivity index (χ4n) is 1.52. The minimum Gasteiger partial charge on any atom is -0.460 e. The standard InChI is InChI=1S/C11H14N2O3S/c1-8-3-4-9(15-8)5-12-13-6-10(7-17-2)16-11(13)14/h3-5,10H,6-7H2,1-2H3/b12-5+/t10-/m0/s1. The van der Waals surface area contributed by atoms with Gasteiger partial charge in [0.25, 0.3) is 0 Å². The second-order valence-corrected chi connectivity index (χ2v) is 4.65. The molecule has 0 saturated carbocycles. The molecule has 1 aromatic heterocycles. The molecule has 1 aliphatic heterocycles. The van der Waals surface area contributed by atoms with Gasteiger partial charge in [-0.25, -0.2) is 4.79 Å². The molecule has 1 saturated heterocycles. The fourth-order valence-corrected chi connectivity index (χ4v) is 2.07. The molecule has 17 heavy (non-hydrogen) atoms. The lowest BCUT2D eigenvalue weighted by atomic mass is 10.4. The summed E-state index contributed by atoms with van der Waals surface area (Å²) in [5, 5.41) is 5.37. The Kier molecular flexibility index (Phi) is 3.73. The Morgan fingerprint density at radius 1 is 1.65 bits per heavy atom. The third kappa shape index (κ3) is 3.03. The van der Waals surface area contributed by atoms with Gasteiger partial charge in [0.05, 0.1) is 12.8 Å².